The molecule has 0 N–H and O–H groups in total. The summed E-state index contributed by atoms with van der Waals surface area (Å²) in [6, 6.07) is 18.0. The molecule has 2 nitrogen and oxygen atoms in total. The third-order valence-corrected chi connectivity index (χ3v) is 6.83. The molecular formula is C25H27BO2. The zero-order chi connectivity index (χ0) is 19.8. The Kier molecular flexibility index (Phi) is 3.67. The molecule has 1 fully saturated rings. The molecule has 4 aromatic carbocycles. The van der Waals surface area contributed by atoms with E-state index >= 15 is 0 Å². The molecule has 0 aromatic heterocycles. The van der Waals surface area contributed by atoms with Gasteiger partial charge in [-0.25, -0.2) is 0 Å². The molecule has 0 unspecified atom stereocenters. The van der Waals surface area contributed by atoms with Gasteiger partial charge in [-0.3, -0.25) is 0 Å². The highest BCUT2D eigenvalue weighted by atomic mass is 16.7. The van der Waals surface area contributed by atoms with E-state index in [1.165, 1.54) is 37.9 Å². The average molecular weight is 370 g/mol. The van der Waals surface area contributed by atoms with Crippen LogP contribution in [-0.2, 0) is 9.31 Å². The first-order valence-corrected chi connectivity index (χ1v) is 10.2. The van der Waals surface area contributed by atoms with E-state index in [1.54, 1.807) is 0 Å². The lowest BCUT2D eigenvalue weighted by atomic mass is 9.74. The Labute approximate surface area is 167 Å². The monoisotopic (exact) mass is 370 g/mol. The van der Waals surface area contributed by atoms with Crippen molar-refractivity contribution in [1.82, 2.24) is 0 Å². The fraction of sp³-hybridized carbons (Fsp3) is 0.360. The molecule has 142 valence electrons. The van der Waals surface area contributed by atoms with Crippen molar-refractivity contribution in [3.05, 3.63) is 54.1 Å². The Hall–Kier alpha value is -2.10. The van der Waals surface area contributed by atoms with Crippen molar-refractivity contribution < 1.29 is 9.31 Å². The van der Waals surface area contributed by atoms with Gasteiger partial charge in [-0.15, -0.1) is 0 Å². The van der Waals surface area contributed by atoms with Gasteiger partial charge in [0.1, 0.15) is 0 Å². The number of hydrogen-bond donors (Lipinski definition) is 0. The second-order valence-corrected chi connectivity index (χ2v) is 9.52. The van der Waals surface area contributed by atoms with Gasteiger partial charge in [0.2, 0.25) is 0 Å². The second kappa shape index (κ2) is 5.71. The van der Waals surface area contributed by atoms with Crippen LogP contribution in [0.5, 0.6) is 0 Å². The van der Waals surface area contributed by atoms with Crippen LogP contribution in [0.15, 0.2) is 48.5 Å². The highest BCUT2D eigenvalue weighted by Gasteiger charge is 2.52. The molecule has 3 heteroatoms. The molecule has 1 saturated heterocycles. The third kappa shape index (κ3) is 2.43. The summed E-state index contributed by atoms with van der Waals surface area (Å²) in [5.41, 5.74) is 1.83. The van der Waals surface area contributed by atoms with Crippen molar-refractivity contribution in [1.29, 1.82) is 0 Å². The van der Waals surface area contributed by atoms with Gasteiger partial charge in [0.05, 0.1) is 11.2 Å². The summed E-state index contributed by atoms with van der Waals surface area (Å²) >= 11 is 0. The summed E-state index contributed by atoms with van der Waals surface area (Å²) < 4.78 is 12.7. The highest BCUT2D eigenvalue weighted by molar-refractivity contribution is 6.65. The van der Waals surface area contributed by atoms with Crippen LogP contribution < -0.4 is 5.46 Å². The lowest BCUT2D eigenvalue weighted by Gasteiger charge is -2.32. The topological polar surface area (TPSA) is 18.5 Å². The first-order chi connectivity index (χ1) is 13.2. The van der Waals surface area contributed by atoms with Crippen LogP contribution in [0.3, 0.4) is 0 Å². The Morgan fingerprint density at radius 2 is 1.25 bits per heavy atom. The number of hydrogen-bond acceptors (Lipinski definition) is 2. The summed E-state index contributed by atoms with van der Waals surface area (Å²) in [5, 5.41) is 7.78. The molecule has 0 atom stereocenters. The maximum atomic E-state index is 6.37. The van der Waals surface area contributed by atoms with Gasteiger partial charge in [-0.1, -0.05) is 62.4 Å². The maximum absolute atomic E-state index is 6.37. The number of benzene rings is 4. The standard InChI is InChI=1S/C25H27BO2/c1-15(2)19-13-17-8-7-16-10-12-21(26-27-24(3,4)25(5,6)28-26)20-11-9-18(14-19)22(17)23(16)20/h7-15H,1-6H3. The summed E-state index contributed by atoms with van der Waals surface area (Å²) in [7, 11) is -0.346. The van der Waals surface area contributed by atoms with Crippen LogP contribution in [0.1, 0.15) is 53.0 Å². The molecule has 0 spiro atoms. The molecule has 0 saturated carbocycles. The molecule has 5 rings (SSSR count). The van der Waals surface area contributed by atoms with Gasteiger partial charge in [-0.2, -0.15) is 0 Å². The zero-order valence-electron chi connectivity index (χ0n) is 17.6. The van der Waals surface area contributed by atoms with Crippen LogP contribution in [0, 0.1) is 0 Å². The molecule has 0 aliphatic carbocycles. The largest absolute Gasteiger partial charge is 0.495 e. The number of rotatable bonds is 2. The first-order valence-electron chi connectivity index (χ1n) is 10.2. The molecule has 1 aliphatic rings. The third-order valence-electron chi connectivity index (χ3n) is 6.83. The molecule has 0 radical (unpaired) electrons. The van der Waals surface area contributed by atoms with E-state index in [2.05, 4.69) is 90.1 Å². The van der Waals surface area contributed by atoms with Gasteiger partial charge in [0.25, 0.3) is 0 Å². The predicted molar refractivity (Wildman–Crippen MR) is 120 cm³/mol. The van der Waals surface area contributed by atoms with Crippen molar-refractivity contribution in [3.63, 3.8) is 0 Å². The van der Waals surface area contributed by atoms with E-state index in [0.717, 1.165) is 5.46 Å². The van der Waals surface area contributed by atoms with Crippen molar-refractivity contribution >= 4 is 44.9 Å². The average Bonchev–Trinajstić information content (AvgIpc) is 2.86. The van der Waals surface area contributed by atoms with Gasteiger partial charge in [0.15, 0.2) is 0 Å². The quantitative estimate of drug-likeness (QED) is 0.318. The summed E-state index contributed by atoms with van der Waals surface area (Å²) in [4.78, 5) is 0. The van der Waals surface area contributed by atoms with Gasteiger partial charge in [0, 0.05) is 0 Å². The fourth-order valence-corrected chi connectivity index (χ4v) is 4.37. The molecule has 1 aliphatic heterocycles. The molecular weight excluding hydrogens is 343 g/mol. The van der Waals surface area contributed by atoms with Crippen molar-refractivity contribution in [2.24, 2.45) is 0 Å². The first kappa shape index (κ1) is 18.0. The Bertz CT molecular complexity index is 1170. The minimum absolute atomic E-state index is 0.339. The maximum Gasteiger partial charge on any atom is 0.495 e. The lowest BCUT2D eigenvalue weighted by molar-refractivity contribution is 0.00578. The van der Waals surface area contributed by atoms with Crippen LogP contribution in [0.2, 0.25) is 0 Å². The molecule has 4 aromatic rings. The van der Waals surface area contributed by atoms with Crippen LogP contribution >= 0.6 is 0 Å². The van der Waals surface area contributed by atoms with Crippen LogP contribution in [-0.4, -0.2) is 18.3 Å². The van der Waals surface area contributed by atoms with E-state index in [4.69, 9.17) is 9.31 Å². The van der Waals surface area contributed by atoms with E-state index in [9.17, 15) is 0 Å². The van der Waals surface area contributed by atoms with Crippen molar-refractivity contribution in [3.8, 4) is 0 Å². The summed E-state index contributed by atoms with van der Waals surface area (Å²) in [5.74, 6) is 0.516. The zero-order valence-corrected chi connectivity index (χ0v) is 17.6. The Morgan fingerprint density at radius 3 is 1.86 bits per heavy atom. The van der Waals surface area contributed by atoms with Crippen molar-refractivity contribution in [2.45, 2.75) is 58.7 Å². The SMILES string of the molecule is CC(C)c1cc2ccc3ccc(B4OC(C)(C)C(C)(C)O4)c4ccc(c1)c2c34. The Balaban J connectivity index is 1.78. The van der Waals surface area contributed by atoms with Crippen LogP contribution in [0.4, 0.5) is 0 Å². The molecule has 0 bridgehead atoms. The normalized spacial score (nSPS) is 18.9. The fourth-order valence-electron chi connectivity index (χ4n) is 4.37. The van der Waals surface area contributed by atoms with Gasteiger partial charge >= 0.3 is 7.12 Å². The van der Waals surface area contributed by atoms with Gasteiger partial charge in [-0.05, 0) is 77.0 Å². The highest BCUT2D eigenvalue weighted by Crippen LogP contribution is 2.39. The van der Waals surface area contributed by atoms with E-state index in [-0.39, 0.29) is 18.3 Å². The lowest BCUT2D eigenvalue weighted by Crippen LogP contribution is -2.41. The second-order valence-electron chi connectivity index (χ2n) is 9.52. The molecule has 0 amide bonds. The van der Waals surface area contributed by atoms with E-state index in [1.807, 2.05) is 0 Å². The van der Waals surface area contributed by atoms with Crippen LogP contribution in [0.25, 0.3) is 32.3 Å². The van der Waals surface area contributed by atoms with Gasteiger partial charge < -0.3 is 9.31 Å². The summed E-state index contributed by atoms with van der Waals surface area (Å²) in [6.45, 7) is 12.9. The predicted octanol–water partition coefficient (Wildman–Crippen LogP) is 6.01. The van der Waals surface area contributed by atoms with Crippen molar-refractivity contribution in [2.75, 3.05) is 0 Å². The minimum Gasteiger partial charge on any atom is -0.399 e. The minimum atomic E-state index is -0.346. The summed E-state index contributed by atoms with van der Waals surface area (Å²) in [6.07, 6.45) is 0. The smallest absolute Gasteiger partial charge is 0.399 e. The molecule has 1 heterocycles. The van der Waals surface area contributed by atoms with E-state index in [0.29, 0.717) is 5.92 Å². The molecule has 28 heavy (non-hydrogen) atoms. The Morgan fingerprint density at radius 1 is 0.714 bits per heavy atom. The van der Waals surface area contributed by atoms with E-state index < -0.39 is 0 Å².